The second kappa shape index (κ2) is 14.7. The van der Waals surface area contributed by atoms with Gasteiger partial charge in [-0.05, 0) is 43.7 Å². The zero-order valence-electron chi connectivity index (χ0n) is 29.0. The third kappa shape index (κ3) is 6.29. The van der Waals surface area contributed by atoms with Crippen LogP contribution in [0.5, 0.6) is 0 Å². The first-order valence-corrected chi connectivity index (χ1v) is 18.8. The molecule has 4 heterocycles. The van der Waals surface area contributed by atoms with Crippen LogP contribution in [0.4, 0.5) is 0 Å². The molecule has 3 fully saturated rings. The summed E-state index contributed by atoms with van der Waals surface area (Å²) in [6, 6.07) is 7.05. The highest BCUT2D eigenvalue weighted by atomic mass is 79.9. The fraction of sp³-hybridized carbons (Fsp3) is 0.632. The highest BCUT2D eigenvalue weighted by Gasteiger charge is 2.76. The summed E-state index contributed by atoms with van der Waals surface area (Å²) in [4.78, 5) is 63.1. The van der Waals surface area contributed by atoms with Crippen molar-refractivity contribution in [1.29, 1.82) is 0 Å². The summed E-state index contributed by atoms with van der Waals surface area (Å²) in [6.07, 6.45) is 10.4. The van der Waals surface area contributed by atoms with Crippen molar-refractivity contribution in [3.63, 3.8) is 0 Å². The molecule has 5 aliphatic rings. The van der Waals surface area contributed by atoms with Crippen LogP contribution in [0.1, 0.15) is 83.8 Å². The van der Waals surface area contributed by atoms with Crippen LogP contribution in [0.3, 0.4) is 0 Å². The summed E-state index contributed by atoms with van der Waals surface area (Å²) >= 11 is 3.65. The molecule has 6 rings (SSSR count). The molecule has 1 aromatic rings. The number of aliphatic hydroxyl groups excluding tert-OH is 1. The van der Waals surface area contributed by atoms with E-state index in [9.17, 15) is 19.5 Å². The van der Waals surface area contributed by atoms with Gasteiger partial charge in [-0.3, -0.25) is 19.2 Å². The predicted octanol–water partition coefficient (Wildman–Crippen LogP) is 4.91. The molecular formula is C38H50BrN3O7. The number of allylic oxidation sites excluding steroid dienone is 1. The molecule has 0 radical (unpaired) electrons. The van der Waals surface area contributed by atoms with E-state index in [0.717, 1.165) is 37.7 Å². The van der Waals surface area contributed by atoms with E-state index in [0.29, 0.717) is 23.9 Å². The fourth-order valence-corrected chi connectivity index (χ4v) is 9.49. The lowest BCUT2D eigenvalue weighted by molar-refractivity contribution is -0.164. The average Bonchev–Trinajstić information content (AvgIpc) is 3.71. The number of hydrogen-bond acceptors (Lipinski definition) is 7. The number of nitrogens with zero attached hydrogens (tertiary/aromatic N) is 3. The number of rotatable bonds is 6. The van der Waals surface area contributed by atoms with Crippen LogP contribution < -0.4 is 0 Å². The Kier molecular flexibility index (Phi) is 10.7. The summed E-state index contributed by atoms with van der Waals surface area (Å²) in [5.74, 6) is -3.51. The molecule has 1 N–H and O–H groups in total. The molecule has 1 aliphatic carbocycles. The van der Waals surface area contributed by atoms with Gasteiger partial charge in [0.15, 0.2) is 0 Å². The number of hydrogen-bond donors (Lipinski definition) is 1. The first kappa shape index (κ1) is 35.8. The van der Waals surface area contributed by atoms with Crippen molar-refractivity contribution in [1.82, 2.24) is 14.7 Å². The minimum atomic E-state index is -1.42. The van der Waals surface area contributed by atoms with E-state index >= 15 is 4.79 Å². The number of esters is 1. The van der Waals surface area contributed by atoms with E-state index < -0.39 is 53.7 Å². The van der Waals surface area contributed by atoms with Crippen molar-refractivity contribution in [3.05, 3.63) is 58.6 Å². The fourth-order valence-electron chi connectivity index (χ4n) is 8.76. The molecule has 11 heteroatoms. The van der Waals surface area contributed by atoms with Gasteiger partial charge in [-0.1, -0.05) is 97.9 Å². The Morgan fingerprint density at radius 3 is 2.41 bits per heavy atom. The smallest absolute Gasteiger partial charge is 0.313 e. The summed E-state index contributed by atoms with van der Waals surface area (Å²) in [5, 5.41) is 10.8. The maximum absolute atomic E-state index is 15.2. The number of ether oxygens (including phenoxy) is 2. The number of fused-ring (bicyclic) bond motifs is 2. The molecule has 10 nitrogen and oxygen atoms in total. The van der Waals surface area contributed by atoms with Gasteiger partial charge in [0, 0.05) is 30.5 Å². The average molecular weight is 741 g/mol. The van der Waals surface area contributed by atoms with Gasteiger partial charge in [0.25, 0.3) is 0 Å². The summed E-state index contributed by atoms with van der Waals surface area (Å²) in [6.45, 7) is 5.83. The lowest BCUT2D eigenvalue weighted by atomic mass is 9.74. The number of likely N-dealkylation sites (N-methyl/N-ethyl adjacent to an activating group) is 1. The SMILES string of the molecule is CC[C@H](C)[C@H](CO)N1C(=O)[C@H]2[C@@H]3C(=O)O[C@H](c4ccccc4)[C@@H](C)N(C)C(=O)CC/C=C\CN(C4CCCCC4)C(=O)[C@H]1[C@@]21C=C(Br)[C@@H]3O1. The van der Waals surface area contributed by atoms with Crippen molar-refractivity contribution in [3.8, 4) is 0 Å². The molecule has 2 saturated heterocycles. The van der Waals surface area contributed by atoms with E-state index in [-0.39, 0.29) is 42.7 Å². The number of carbonyl (C=O) groups is 4. The first-order valence-electron chi connectivity index (χ1n) is 18.0. The highest BCUT2D eigenvalue weighted by Crippen LogP contribution is 2.60. The largest absolute Gasteiger partial charge is 0.455 e. The summed E-state index contributed by atoms with van der Waals surface area (Å²) < 4.78 is 13.7. The van der Waals surface area contributed by atoms with Gasteiger partial charge in [-0.2, -0.15) is 0 Å². The molecule has 266 valence electrons. The number of benzene rings is 1. The van der Waals surface area contributed by atoms with E-state index in [1.807, 2.05) is 74.2 Å². The Morgan fingerprint density at radius 1 is 1.02 bits per heavy atom. The van der Waals surface area contributed by atoms with Gasteiger partial charge < -0.3 is 29.3 Å². The topological polar surface area (TPSA) is 117 Å². The van der Waals surface area contributed by atoms with E-state index in [4.69, 9.17) is 9.47 Å². The molecule has 1 spiro atoms. The highest BCUT2D eigenvalue weighted by molar-refractivity contribution is 9.11. The van der Waals surface area contributed by atoms with Gasteiger partial charge in [-0.25, -0.2) is 0 Å². The van der Waals surface area contributed by atoms with Crippen LogP contribution >= 0.6 is 15.9 Å². The second-order valence-electron chi connectivity index (χ2n) is 14.5. The third-order valence-electron chi connectivity index (χ3n) is 11.8. The van der Waals surface area contributed by atoms with Crippen LogP contribution in [0.15, 0.2) is 53.0 Å². The summed E-state index contributed by atoms with van der Waals surface area (Å²) in [7, 11) is 1.72. The van der Waals surface area contributed by atoms with Gasteiger partial charge >= 0.3 is 5.97 Å². The Bertz CT molecular complexity index is 1480. The van der Waals surface area contributed by atoms with Crippen LogP contribution in [0.25, 0.3) is 0 Å². The minimum absolute atomic E-state index is 0.0245. The Morgan fingerprint density at radius 2 is 1.73 bits per heavy atom. The Hall–Kier alpha value is -3.02. The van der Waals surface area contributed by atoms with E-state index in [1.165, 1.54) is 0 Å². The van der Waals surface area contributed by atoms with Gasteiger partial charge in [0.1, 0.15) is 29.8 Å². The molecular weight excluding hydrogens is 690 g/mol. The molecule has 5 bridgehead atoms. The molecule has 4 aliphatic heterocycles. The number of likely N-dealkylation sites (tertiary alicyclic amines) is 1. The Balaban J connectivity index is 1.49. The molecule has 1 saturated carbocycles. The summed E-state index contributed by atoms with van der Waals surface area (Å²) in [5.41, 5.74) is -0.699. The molecule has 3 amide bonds. The van der Waals surface area contributed by atoms with Gasteiger partial charge in [0.2, 0.25) is 17.7 Å². The zero-order chi connectivity index (χ0) is 35.0. The molecule has 1 aromatic carbocycles. The second-order valence-corrected chi connectivity index (χ2v) is 15.4. The molecule has 0 aromatic heterocycles. The number of carbonyl (C=O) groups excluding carboxylic acids is 4. The van der Waals surface area contributed by atoms with Crippen LogP contribution in [0.2, 0.25) is 0 Å². The molecule has 9 atom stereocenters. The van der Waals surface area contributed by atoms with Crippen molar-refractivity contribution >= 4 is 39.6 Å². The maximum Gasteiger partial charge on any atom is 0.313 e. The minimum Gasteiger partial charge on any atom is -0.455 e. The standard InChI is InChI=1S/C38H50BrN3O7/c1-5-23(2)28(22-43)42-34-36(46)41(26-17-11-7-12-18-26)20-14-8-13-19-29(44)40(4)24(3)32(25-15-9-6-10-16-25)48-37(47)30-31(35(42)45)38(34)21-27(39)33(30)49-38/h6,8-10,14-16,21,23-24,26,28,30-34,43H,5,7,11-13,17-20,22H2,1-4H3/b14-8-/t23-,24+,28-,30-,31+,32-,33-,34-,38+/m0/s1. The lowest BCUT2D eigenvalue weighted by Crippen LogP contribution is -2.61. The van der Waals surface area contributed by atoms with Crippen molar-refractivity contribution in [2.24, 2.45) is 17.8 Å². The molecule has 49 heavy (non-hydrogen) atoms. The van der Waals surface area contributed by atoms with Crippen LogP contribution in [0, 0.1) is 17.8 Å². The van der Waals surface area contributed by atoms with Crippen molar-refractivity contribution in [2.75, 3.05) is 20.2 Å². The quantitative estimate of drug-likeness (QED) is 0.326. The zero-order valence-corrected chi connectivity index (χ0v) is 30.6. The number of halogens is 1. The number of aliphatic hydroxyl groups is 1. The van der Waals surface area contributed by atoms with E-state index in [1.54, 1.807) is 16.8 Å². The van der Waals surface area contributed by atoms with Gasteiger partial charge in [-0.15, -0.1) is 0 Å². The van der Waals surface area contributed by atoms with Gasteiger partial charge in [0.05, 0.1) is 24.6 Å². The predicted molar refractivity (Wildman–Crippen MR) is 187 cm³/mol. The van der Waals surface area contributed by atoms with Crippen molar-refractivity contribution < 1.29 is 33.8 Å². The third-order valence-corrected chi connectivity index (χ3v) is 12.5. The maximum atomic E-state index is 15.2. The lowest BCUT2D eigenvalue weighted by Gasteiger charge is -2.43. The Labute approximate surface area is 298 Å². The molecule has 0 unspecified atom stereocenters. The first-order chi connectivity index (χ1) is 23.5. The normalized spacial score (nSPS) is 34.9. The van der Waals surface area contributed by atoms with Crippen LogP contribution in [-0.2, 0) is 28.7 Å². The van der Waals surface area contributed by atoms with Crippen molar-refractivity contribution in [2.45, 2.75) is 114 Å². The number of cyclic esters (lactones) is 1. The monoisotopic (exact) mass is 739 g/mol. The van der Waals surface area contributed by atoms with Crippen LogP contribution in [-0.4, -0.2) is 99.6 Å². The van der Waals surface area contributed by atoms with E-state index in [2.05, 4.69) is 15.9 Å². The number of amides is 3.